The van der Waals surface area contributed by atoms with E-state index in [0.29, 0.717) is 6.54 Å². The van der Waals surface area contributed by atoms with Gasteiger partial charge in [0.1, 0.15) is 5.75 Å². The maximum atomic E-state index is 12.6. The van der Waals surface area contributed by atoms with Crippen molar-refractivity contribution in [2.75, 3.05) is 27.0 Å². The largest absolute Gasteiger partial charge is 0.497 e. The Morgan fingerprint density at radius 3 is 2.00 bits per heavy atom. The van der Waals surface area contributed by atoms with E-state index in [-0.39, 0.29) is 19.0 Å². The lowest BCUT2D eigenvalue weighted by atomic mass is 10.1. The normalized spacial score (nSPS) is 11.4. The average Bonchev–Trinajstić information content (AvgIpc) is 2.62. The van der Waals surface area contributed by atoms with Crippen molar-refractivity contribution in [2.24, 2.45) is 0 Å². The van der Waals surface area contributed by atoms with Gasteiger partial charge in [-0.2, -0.15) is 4.31 Å². The Balaban J connectivity index is 2.04. The summed E-state index contributed by atoms with van der Waals surface area (Å²) < 4.78 is 30.6. The number of sulfonamides is 1. The van der Waals surface area contributed by atoms with E-state index in [2.05, 4.69) is 0 Å². The monoisotopic (exact) mass is 390 g/mol. The number of carbonyl (C=O) groups excluding carboxylic acids is 1. The lowest BCUT2D eigenvalue weighted by molar-refractivity contribution is -0.130. The summed E-state index contributed by atoms with van der Waals surface area (Å²) in [7, 11) is -0.253. The van der Waals surface area contributed by atoms with Crippen LogP contribution in [0.25, 0.3) is 0 Å². The lowest BCUT2D eigenvalue weighted by Crippen LogP contribution is -2.40. The van der Waals surface area contributed by atoms with E-state index in [4.69, 9.17) is 4.74 Å². The molecule has 0 aliphatic carbocycles. The van der Waals surface area contributed by atoms with Crippen LogP contribution in [0.3, 0.4) is 0 Å². The van der Waals surface area contributed by atoms with Crippen LogP contribution in [-0.4, -0.2) is 50.5 Å². The van der Waals surface area contributed by atoms with Crippen LogP contribution in [0.2, 0.25) is 0 Å². The van der Waals surface area contributed by atoms with Crippen LogP contribution < -0.4 is 4.74 Å². The molecule has 0 atom stereocenters. The maximum absolute atomic E-state index is 12.6. The maximum Gasteiger partial charge on any atom is 0.237 e. The van der Waals surface area contributed by atoms with Crippen LogP contribution >= 0.6 is 0 Å². The zero-order valence-corrected chi connectivity index (χ0v) is 17.0. The highest BCUT2D eigenvalue weighted by atomic mass is 32.2. The number of amides is 1. The Bertz CT molecular complexity index is 862. The molecule has 0 saturated carbocycles. The molecule has 2 aromatic rings. The van der Waals surface area contributed by atoms with E-state index in [0.717, 1.165) is 28.7 Å². The first kappa shape index (κ1) is 20.9. The summed E-state index contributed by atoms with van der Waals surface area (Å²) in [6.07, 6.45) is 1.12. The summed E-state index contributed by atoms with van der Waals surface area (Å²) in [6.45, 7) is 2.33. The van der Waals surface area contributed by atoms with Crippen molar-refractivity contribution in [3.8, 4) is 5.75 Å². The third-order valence-electron chi connectivity index (χ3n) is 4.26. The van der Waals surface area contributed by atoms with E-state index in [1.807, 2.05) is 55.5 Å². The molecule has 0 aliphatic rings. The van der Waals surface area contributed by atoms with Gasteiger partial charge in [0.15, 0.2) is 0 Å². The van der Waals surface area contributed by atoms with Crippen molar-refractivity contribution in [1.82, 2.24) is 9.21 Å². The van der Waals surface area contributed by atoms with Crippen molar-refractivity contribution in [2.45, 2.75) is 20.0 Å². The predicted molar refractivity (Wildman–Crippen MR) is 106 cm³/mol. The third kappa shape index (κ3) is 6.37. The number of likely N-dealkylation sites (N-methyl/N-ethyl adjacent to an activating group) is 1. The molecule has 0 heterocycles. The number of benzene rings is 2. The number of ether oxygens (including phenoxy) is 1. The first-order valence-electron chi connectivity index (χ1n) is 8.56. The minimum absolute atomic E-state index is 0.168. The number of aryl methyl sites for hydroxylation is 1. The molecule has 0 aliphatic heterocycles. The molecule has 0 spiro atoms. The van der Waals surface area contributed by atoms with E-state index in [1.54, 1.807) is 14.2 Å². The summed E-state index contributed by atoms with van der Waals surface area (Å²) in [4.78, 5) is 14.1. The number of nitrogens with zero attached hydrogens (tertiary/aromatic N) is 2. The number of methoxy groups -OCH3 is 1. The zero-order chi connectivity index (χ0) is 20.0. The minimum atomic E-state index is -3.51. The molecule has 0 radical (unpaired) electrons. The second kappa shape index (κ2) is 9.01. The molecule has 0 aromatic heterocycles. The van der Waals surface area contributed by atoms with E-state index >= 15 is 0 Å². The molecule has 0 bridgehead atoms. The van der Waals surface area contributed by atoms with Gasteiger partial charge in [0.2, 0.25) is 15.9 Å². The summed E-state index contributed by atoms with van der Waals surface area (Å²) in [6, 6.07) is 15.0. The first-order chi connectivity index (χ1) is 12.7. The molecule has 2 aromatic carbocycles. The SMILES string of the molecule is COc1ccc(CN(C)C(=O)CN(Cc2ccc(C)cc2)S(C)(=O)=O)cc1. The molecule has 1 amide bonds. The highest BCUT2D eigenvalue weighted by Crippen LogP contribution is 2.14. The Kier molecular flexibility index (Phi) is 6.98. The molecule has 0 fully saturated rings. The summed E-state index contributed by atoms with van der Waals surface area (Å²) >= 11 is 0. The molecule has 0 N–H and O–H groups in total. The van der Waals surface area contributed by atoms with Gasteiger partial charge >= 0.3 is 0 Å². The van der Waals surface area contributed by atoms with Crippen molar-refractivity contribution in [3.05, 3.63) is 65.2 Å². The van der Waals surface area contributed by atoms with Gasteiger partial charge in [0.25, 0.3) is 0 Å². The van der Waals surface area contributed by atoms with E-state index in [9.17, 15) is 13.2 Å². The molecule has 27 heavy (non-hydrogen) atoms. The van der Waals surface area contributed by atoms with Gasteiger partial charge in [-0.05, 0) is 30.2 Å². The highest BCUT2D eigenvalue weighted by molar-refractivity contribution is 7.88. The predicted octanol–water partition coefficient (Wildman–Crippen LogP) is 2.42. The number of rotatable bonds is 8. The molecule has 0 unspecified atom stereocenters. The second-order valence-corrected chi connectivity index (χ2v) is 8.60. The number of hydrogen-bond acceptors (Lipinski definition) is 4. The van der Waals surface area contributed by atoms with Crippen LogP contribution in [0, 0.1) is 6.92 Å². The standard InChI is InChI=1S/C20H26N2O4S/c1-16-5-7-18(8-6-16)14-22(27(4,24)25)15-20(23)21(2)13-17-9-11-19(26-3)12-10-17/h5-12H,13-15H2,1-4H3. The van der Waals surface area contributed by atoms with Crippen molar-refractivity contribution < 1.29 is 17.9 Å². The van der Waals surface area contributed by atoms with Gasteiger partial charge < -0.3 is 9.64 Å². The zero-order valence-electron chi connectivity index (χ0n) is 16.2. The Morgan fingerprint density at radius 2 is 1.48 bits per heavy atom. The quantitative estimate of drug-likeness (QED) is 0.694. The topological polar surface area (TPSA) is 66.9 Å². The highest BCUT2D eigenvalue weighted by Gasteiger charge is 2.22. The Hall–Kier alpha value is -2.38. The second-order valence-electron chi connectivity index (χ2n) is 6.61. The lowest BCUT2D eigenvalue weighted by Gasteiger charge is -2.24. The molecule has 0 saturated heterocycles. The molecular weight excluding hydrogens is 364 g/mol. The van der Waals surface area contributed by atoms with Gasteiger partial charge in [-0.1, -0.05) is 42.0 Å². The van der Waals surface area contributed by atoms with Crippen molar-refractivity contribution in [1.29, 1.82) is 0 Å². The van der Waals surface area contributed by atoms with Crippen LogP contribution in [0.5, 0.6) is 5.75 Å². The number of hydrogen-bond donors (Lipinski definition) is 0. The van der Waals surface area contributed by atoms with Gasteiger partial charge in [-0.15, -0.1) is 0 Å². The van der Waals surface area contributed by atoms with E-state index < -0.39 is 10.0 Å². The van der Waals surface area contributed by atoms with Gasteiger partial charge in [0, 0.05) is 20.1 Å². The Morgan fingerprint density at radius 1 is 0.963 bits per heavy atom. The van der Waals surface area contributed by atoms with Crippen molar-refractivity contribution >= 4 is 15.9 Å². The first-order valence-corrected chi connectivity index (χ1v) is 10.4. The average molecular weight is 391 g/mol. The molecular formula is C20H26N2O4S. The number of carbonyl (C=O) groups is 1. The third-order valence-corrected chi connectivity index (χ3v) is 5.46. The smallest absolute Gasteiger partial charge is 0.237 e. The molecule has 146 valence electrons. The fourth-order valence-corrected chi connectivity index (χ4v) is 3.28. The van der Waals surface area contributed by atoms with Crippen LogP contribution in [0.4, 0.5) is 0 Å². The van der Waals surface area contributed by atoms with Gasteiger partial charge in [-0.25, -0.2) is 8.42 Å². The summed E-state index contributed by atoms with van der Waals surface area (Å²) in [5, 5.41) is 0. The van der Waals surface area contributed by atoms with Crippen LogP contribution in [-0.2, 0) is 27.9 Å². The van der Waals surface area contributed by atoms with Gasteiger partial charge in [0.05, 0.1) is 19.9 Å². The summed E-state index contributed by atoms with van der Waals surface area (Å²) in [5.74, 6) is 0.484. The summed E-state index contributed by atoms with van der Waals surface area (Å²) in [5.41, 5.74) is 2.88. The Labute approximate surface area is 161 Å². The van der Waals surface area contributed by atoms with Crippen molar-refractivity contribution in [3.63, 3.8) is 0 Å². The van der Waals surface area contributed by atoms with Crippen LogP contribution in [0.15, 0.2) is 48.5 Å². The fourth-order valence-electron chi connectivity index (χ4n) is 2.55. The van der Waals surface area contributed by atoms with Crippen LogP contribution in [0.1, 0.15) is 16.7 Å². The fraction of sp³-hybridized carbons (Fsp3) is 0.350. The van der Waals surface area contributed by atoms with E-state index in [1.165, 1.54) is 9.21 Å². The molecule has 7 heteroatoms. The minimum Gasteiger partial charge on any atom is -0.497 e. The molecule has 2 rings (SSSR count). The van der Waals surface area contributed by atoms with Gasteiger partial charge in [-0.3, -0.25) is 4.79 Å². The molecule has 6 nitrogen and oxygen atoms in total.